The third kappa shape index (κ3) is 1.91. The topological polar surface area (TPSA) is 17.8 Å². The highest BCUT2D eigenvalue weighted by Gasteiger charge is 2.06. The Bertz CT molecular complexity index is 495. The van der Waals surface area contributed by atoms with Crippen molar-refractivity contribution in [1.29, 1.82) is 0 Å². The number of aromatic nitrogens is 2. The summed E-state index contributed by atoms with van der Waals surface area (Å²) in [5.74, 6) is 0. The fourth-order valence-corrected chi connectivity index (χ4v) is 1.95. The molecule has 0 aromatic carbocycles. The predicted octanol–water partition coefficient (Wildman–Crippen LogP) is 3.19. The van der Waals surface area contributed by atoms with Crippen LogP contribution in [0.3, 0.4) is 0 Å². The van der Waals surface area contributed by atoms with Crippen molar-refractivity contribution < 1.29 is 0 Å². The molecular weight excluding hydrogens is 196 g/mol. The molecule has 2 nitrogen and oxygen atoms in total. The van der Waals surface area contributed by atoms with E-state index >= 15 is 0 Å². The molecule has 0 saturated heterocycles. The normalized spacial score (nSPS) is 10.4. The standard InChI is InChI=1S/C14H16N2/c1-4-14-8-11(2)16(12(14)3)10-13-6-5-7-15-9-13/h4-9H,1,10H2,2-3H3. The van der Waals surface area contributed by atoms with Gasteiger partial charge in [0.1, 0.15) is 0 Å². The minimum absolute atomic E-state index is 0.874. The second-order valence-electron chi connectivity index (χ2n) is 3.98. The molecular formula is C14H16N2. The maximum atomic E-state index is 4.13. The van der Waals surface area contributed by atoms with E-state index in [-0.39, 0.29) is 0 Å². The highest BCUT2D eigenvalue weighted by molar-refractivity contribution is 5.51. The average Bonchev–Trinajstić information content (AvgIpc) is 2.58. The van der Waals surface area contributed by atoms with Crippen molar-refractivity contribution in [2.75, 3.05) is 0 Å². The SMILES string of the molecule is C=Cc1cc(C)n(Cc2cccnc2)c1C. The maximum Gasteiger partial charge on any atom is 0.0490 e. The first kappa shape index (κ1) is 10.7. The van der Waals surface area contributed by atoms with E-state index in [1.54, 1.807) is 6.20 Å². The van der Waals surface area contributed by atoms with Crippen molar-refractivity contribution in [3.8, 4) is 0 Å². The number of aryl methyl sites for hydroxylation is 1. The Kier molecular flexibility index (Phi) is 2.91. The number of nitrogens with zero attached hydrogens (tertiary/aromatic N) is 2. The highest BCUT2D eigenvalue weighted by atomic mass is 15.0. The van der Waals surface area contributed by atoms with Crippen LogP contribution in [0, 0.1) is 13.8 Å². The van der Waals surface area contributed by atoms with Gasteiger partial charge in [0.2, 0.25) is 0 Å². The van der Waals surface area contributed by atoms with Crippen molar-refractivity contribution in [2.45, 2.75) is 20.4 Å². The fourth-order valence-electron chi connectivity index (χ4n) is 1.95. The zero-order chi connectivity index (χ0) is 11.5. The molecule has 16 heavy (non-hydrogen) atoms. The summed E-state index contributed by atoms with van der Waals surface area (Å²) in [4.78, 5) is 4.13. The molecule has 0 aliphatic carbocycles. The van der Waals surface area contributed by atoms with Gasteiger partial charge in [0.05, 0.1) is 0 Å². The zero-order valence-electron chi connectivity index (χ0n) is 9.77. The van der Waals surface area contributed by atoms with Gasteiger partial charge in [0.25, 0.3) is 0 Å². The first-order valence-electron chi connectivity index (χ1n) is 5.40. The van der Waals surface area contributed by atoms with Gasteiger partial charge in [-0.1, -0.05) is 18.7 Å². The highest BCUT2D eigenvalue weighted by Crippen LogP contribution is 2.17. The Hall–Kier alpha value is -1.83. The van der Waals surface area contributed by atoms with Gasteiger partial charge >= 0.3 is 0 Å². The van der Waals surface area contributed by atoms with E-state index in [1.165, 1.54) is 22.5 Å². The van der Waals surface area contributed by atoms with Gasteiger partial charge in [0, 0.05) is 30.3 Å². The summed E-state index contributed by atoms with van der Waals surface area (Å²) in [6.07, 6.45) is 5.61. The summed E-state index contributed by atoms with van der Waals surface area (Å²) in [6.45, 7) is 8.95. The quantitative estimate of drug-likeness (QED) is 0.764. The number of rotatable bonds is 3. The zero-order valence-corrected chi connectivity index (χ0v) is 9.77. The summed E-state index contributed by atoms with van der Waals surface area (Å²) >= 11 is 0. The minimum atomic E-state index is 0.874. The molecule has 0 fully saturated rings. The second-order valence-corrected chi connectivity index (χ2v) is 3.98. The van der Waals surface area contributed by atoms with Crippen LogP contribution in [-0.4, -0.2) is 9.55 Å². The number of pyridine rings is 1. The van der Waals surface area contributed by atoms with Crippen molar-refractivity contribution >= 4 is 6.08 Å². The Morgan fingerprint density at radius 1 is 1.44 bits per heavy atom. The molecule has 82 valence electrons. The third-order valence-corrected chi connectivity index (χ3v) is 2.90. The van der Waals surface area contributed by atoms with Crippen molar-refractivity contribution in [3.63, 3.8) is 0 Å². The van der Waals surface area contributed by atoms with E-state index in [4.69, 9.17) is 0 Å². The van der Waals surface area contributed by atoms with Gasteiger partial charge in [-0.3, -0.25) is 4.98 Å². The van der Waals surface area contributed by atoms with Crippen LogP contribution in [0.25, 0.3) is 6.08 Å². The van der Waals surface area contributed by atoms with Crippen LogP contribution in [0.2, 0.25) is 0 Å². The van der Waals surface area contributed by atoms with Crippen LogP contribution in [-0.2, 0) is 6.54 Å². The lowest BCUT2D eigenvalue weighted by Gasteiger charge is -2.09. The molecule has 0 atom stereocenters. The summed E-state index contributed by atoms with van der Waals surface area (Å²) in [5.41, 5.74) is 4.95. The first-order valence-corrected chi connectivity index (χ1v) is 5.40. The summed E-state index contributed by atoms with van der Waals surface area (Å²) in [6, 6.07) is 6.23. The Morgan fingerprint density at radius 2 is 2.25 bits per heavy atom. The summed E-state index contributed by atoms with van der Waals surface area (Å²) in [7, 11) is 0. The van der Waals surface area contributed by atoms with Crippen molar-refractivity contribution in [3.05, 3.63) is 59.7 Å². The van der Waals surface area contributed by atoms with E-state index < -0.39 is 0 Å². The van der Waals surface area contributed by atoms with E-state index in [2.05, 4.69) is 42.1 Å². The average molecular weight is 212 g/mol. The van der Waals surface area contributed by atoms with Crippen LogP contribution in [0.1, 0.15) is 22.5 Å². The Morgan fingerprint density at radius 3 is 2.81 bits per heavy atom. The lowest BCUT2D eigenvalue weighted by Crippen LogP contribution is -2.03. The molecule has 2 rings (SSSR count). The number of hydrogen-bond acceptors (Lipinski definition) is 1. The van der Waals surface area contributed by atoms with Crippen LogP contribution >= 0.6 is 0 Å². The van der Waals surface area contributed by atoms with Crippen LogP contribution in [0.5, 0.6) is 0 Å². The van der Waals surface area contributed by atoms with Gasteiger partial charge in [-0.15, -0.1) is 0 Å². The van der Waals surface area contributed by atoms with Crippen molar-refractivity contribution in [1.82, 2.24) is 9.55 Å². The van der Waals surface area contributed by atoms with E-state index in [0.29, 0.717) is 0 Å². The molecule has 0 bridgehead atoms. The molecule has 0 N–H and O–H groups in total. The summed E-state index contributed by atoms with van der Waals surface area (Å²) < 4.78 is 2.29. The van der Waals surface area contributed by atoms with Gasteiger partial charge in [-0.25, -0.2) is 0 Å². The van der Waals surface area contributed by atoms with E-state index in [1.807, 2.05) is 18.3 Å². The van der Waals surface area contributed by atoms with Gasteiger partial charge < -0.3 is 4.57 Å². The van der Waals surface area contributed by atoms with Crippen LogP contribution in [0.4, 0.5) is 0 Å². The first-order chi connectivity index (χ1) is 7.72. The molecule has 0 saturated carbocycles. The molecule has 0 unspecified atom stereocenters. The molecule has 2 heterocycles. The molecule has 2 aromatic rings. The molecule has 0 aliphatic rings. The predicted molar refractivity (Wildman–Crippen MR) is 67.3 cm³/mol. The molecule has 2 aromatic heterocycles. The fraction of sp³-hybridized carbons (Fsp3) is 0.214. The Balaban J connectivity index is 2.35. The second kappa shape index (κ2) is 4.35. The molecule has 0 radical (unpaired) electrons. The van der Waals surface area contributed by atoms with Gasteiger partial charge in [-0.2, -0.15) is 0 Å². The molecule has 0 amide bonds. The van der Waals surface area contributed by atoms with Crippen LogP contribution in [0.15, 0.2) is 37.2 Å². The summed E-state index contributed by atoms with van der Waals surface area (Å²) in [5, 5.41) is 0. The molecule has 2 heteroatoms. The van der Waals surface area contributed by atoms with E-state index in [0.717, 1.165) is 6.54 Å². The minimum Gasteiger partial charge on any atom is -0.344 e. The maximum absolute atomic E-state index is 4.13. The monoisotopic (exact) mass is 212 g/mol. The molecule has 0 spiro atoms. The Labute approximate surface area is 96.3 Å². The van der Waals surface area contributed by atoms with E-state index in [9.17, 15) is 0 Å². The van der Waals surface area contributed by atoms with Crippen LogP contribution < -0.4 is 0 Å². The van der Waals surface area contributed by atoms with Gasteiger partial charge in [-0.05, 0) is 37.1 Å². The smallest absolute Gasteiger partial charge is 0.0490 e. The van der Waals surface area contributed by atoms with Crippen molar-refractivity contribution in [2.24, 2.45) is 0 Å². The van der Waals surface area contributed by atoms with Gasteiger partial charge in [0.15, 0.2) is 0 Å². The molecule has 0 aliphatic heterocycles. The lowest BCUT2D eigenvalue weighted by molar-refractivity contribution is 0.746. The largest absolute Gasteiger partial charge is 0.344 e. The number of hydrogen-bond donors (Lipinski definition) is 0. The third-order valence-electron chi connectivity index (χ3n) is 2.90. The lowest BCUT2D eigenvalue weighted by atomic mass is 10.2.